The number of hydrogen-bond acceptors (Lipinski definition) is 6. The molecule has 0 saturated heterocycles. The quantitative estimate of drug-likeness (QED) is 0.570. The number of nitrogens with zero attached hydrogens (tertiary/aromatic N) is 7. The lowest BCUT2D eigenvalue weighted by molar-refractivity contribution is -0.142. The summed E-state index contributed by atoms with van der Waals surface area (Å²) in [5.41, 5.74) is -0.968. The van der Waals surface area contributed by atoms with Gasteiger partial charge in [-0.05, 0) is 24.3 Å². The molecule has 9 nitrogen and oxygen atoms in total. The first-order chi connectivity index (χ1) is 13.4. The van der Waals surface area contributed by atoms with Crippen LogP contribution in [0.15, 0.2) is 49.1 Å². The predicted molar refractivity (Wildman–Crippen MR) is 88.3 cm³/mol. The molecule has 0 aliphatic rings. The van der Waals surface area contributed by atoms with Gasteiger partial charge in [-0.2, -0.15) is 28.1 Å². The minimum Gasteiger partial charge on any atom is -0.343 e. The number of carbonyl (C=O) groups is 1. The van der Waals surface area contributed by atoms with Crippen LogP contribution in [-0.2, 0) is 12.7 Å². The van der Waals surface area contributed by atoms with Gasteiger partial charge in [-0.15, -0.1) is 0 Å². The van der Waals surface area contributed by atoms with Gasteiger partial charge >= 0.3 is 6.18 Å². The second-order valence-corrected chi connectivity index (χ2v) is 5.59. The SMILES string of the molecule is O=C(NCc1ncnn1-c1ncccn1)c1cc2cccc(C(F)(F)F)n2n1. The largest absolute Gasteiger partial charge is 0.433 e. The summed E-state index contributed by atoms with van der Waals surface area (Å²) in [6.45, 7) is -0.0446. The highest BCUT2D eigenvalue weighted by Crippen LogP contribution is 2.29. The Morgan fingerprint density at radius 2 is 1.89 bits per heavy atom. The van der Waals surface area contributed by atoms with Crippen molar-refractivity contribution >= 4 is 11.4 Å². The van der Waals surface area contributed by atoms with Gasteiger partial charge in [0.1, 0.15) is 12.0 Å². The van der Waals surface area contributed by atoms with Crippen molar-refractivity contribution in [3.63, 3.8) is 0 Å². The van der Waals surface area contributed by atoms with E-state index in [-0.39, 0.29) is 23.7 Å². The highest BCUT2D eigenvalue weighted by molar-refractivity contribution is 5.93. The van der Waals surface area contributed by atoms with Crippen LogP contribution in [0.25, 0.3) is 11.5 Å². The Bertz CT molecular complexity index is 1140. The molecule has 0 atom stereocenters. The highest BCUT2D eigenvalue weighted by atomic mass is 19.4. The Labute approximate surface area is 154 Å². The molecule has 0 unspecified atom stereocenters. The van der Waals surface area contributed by atoms with Crippen LogP contribution in [0.4, 0.5) is 13.2 Å². The predicted octanol–water partition coefficient (Wildman–Crippen LogP) is 1.65. The Hall–Kier alpha value is -3.83. The zero-order chi connectivity index (χ0) is 19.7. The van der Waals surface area contributed by atoms with Crippen molar-refractivity contribution in [2.75, 3.05) is 0 Å². The Morgan fingerprint density at radius 1 is 1.11 bits per heavy atom. The molecule has 4 aromatic rings. The van der Waals surface area contributed by atoms with Crippen molar-refractivity contribution in [3.05, 3.63) is 66.3 Å². The molecular weight excluding hydrogens is 377 g/mol. The summed E-state index contributed by atoms with van der Waals surface area (Å²) in [6.07, 6.45) is -0.258. The number of aromatic nitrogens is 7. The maximum atomic E-state index is 13.1. The number of hydrogen-bond donors (Lipinski definition) is 1. The van der Waals surface area contributed by atoms with E-state index in [1.165, 1.54) is 41.6 Å². The fraction of sp³-hybridized carbons (Fsp3) is 0.125. The van der Waals surface area contributed by atoms with Crippen LogP contribution < -0.4 is 5.32 Å². The van der Waals surface area contributed by atoms with E-state index in [1.54, 1.807) is 6.07 Å². The number of alkyl halides is 3. The minimum atomic E-state index is -4.59. The van der Waals surface area contributed by atoms with Crippen molar-refractivity contribution in [1.82, 2.24) is 39.7 Å². The number of carbonyl (C=O) groups excluding carboxylic acids is 1. The molecule has 0 aliphatic heterocycles. The fourth-order valence-electron chi connectivity index (χ4n) is 2.54. The van der Waals surface area contributed by atoms with E-state index in [2.05, 4.69) is 30.5 Å². The van der Waals surface area contributed by atoms with Gasteiger partial charge in [-0.1, -0.05) is 6.07 Å². The van der Waals surface area contributed by atoms with Crippen LogP contribution in [0.1, 0.15) is 22.0 Å². The van der Waals surface area contributed by atoms with Gasteiger partial charge < -0.3 is 5.32 Å². The summed E-state index contributed by atoms with van der Waals surface area (Å²) in [7, 11) is 0. The Balaban J connectivity index is 1.55. The molecule has 28 heavy (non-hydrogen) atoms. The molecule has 142 valence electrons. The summed E-state index contributed by atoms with van der Waals surface area (Å²) in [5.74, 6) is -0.0357. The normalized spacial score (nSPS) is 11.7. The maximum absolute atomic E-state index is 13.1. The van der Waals surface area contributed by atoms with E-state index < -0.39 is 17.8 Å². The van der Waals surface area contributed by atoms with Crippen molar-refractivity contribution in [1.29, 1.82) is 0 Å². The molecule has 1 amide bonds. The number of halogens is 3. The van der Waals surface area contributed by atoms with E-state index in [9.17, 15) is 18.0 Å². The third-order valence-corrected chi connectivity index (χ3v) is 3.78. The number of nitrogens with one attached hydrogen (secondary N) is 1. The first kappa shape index (κ1) is 17.6. The molecule has 4 aromatic heterocycles. The number of fused-ring (bicyclic) bond motifs is 1. The zero-order valence-electron chi connectivity index (χ0n) is 14.0. The van der Waals surface area contributed by atoms with E-state index in [4.69, 9.17) is 0 Å². The molecule has 0 spiro atoms. The number of amides is 1. The molecule has 0 aliphatic carbocycles. The smallest absolute Gasteiger partial charge is 0.343 e. The van der Waals surface area contributed by atoms with Gasteiger partial charge in [0, 0.05) is 12.4 Å². The average Bonchev–Trinajstić information content (AvgIpc) is 3.32. The van der Waals surface area contributed by atoms with Gasteiger partial charge in [0.05, 0.1) is 12.1 Å². The topological polar surface area (TPSA) is 103 Å². The van der Waals surface area contributed by atoms with Crippen LogP contribution in [0.2, 0.25) is 0 Å². The summed E-state index contributed by atoms with van der Waals surface area (Å²) >= 11 is 0. The Morgan fingerprint density at radius 3 is 2.64 bits per heavy atom. The third-order valence-electron chi connectivity index (χ3n) is 3.78. The van der Waals surface area contributed by atoms with Gasteiger partial charge in [0.15, 0.2) is 11.5 Å². The molecule has 12 heteroatoms. The van der Waals surface area contributed by atoms with Crippen LogP contribution in [0.3, 0.4) is 0 Å². The summed E-state index contributed by atoms with van der Waals surface area (Å²) in [5, 5.41) is 10.3. The summed E-state index contributed by atoms with van der Waals surface area (Å²) in [6, 6.07) is 6.49. The molecule has 0 radical (unpaired) electrons. The Kier molecular flexibility index (Phi) is 4.22. The van der Waals surface area contributed by atoms with Crippen LogP contribution >= 0.6 is 0 Å². The second-order valence-electron chi connectivity index (χ2n) is 5.59. The van der Waals surface area contributed by atoms with Gasteiger partial charge in [-0.25, -0.2) is 19.5 Å². The highest BCUT2D eigenvalue weighted by Gasteiger charge is 2.34. The zero-order valence-corrected chi connectivity index (χ0v) is 14.0. The third kappa shape index (κ3) is 3.26. The van der Waals surface area contributed by atoms with Crippen molar-refractivity contribution < 1.29 is 18.0 Å². The van der Waals surface area contributed by atoms with E-state index >= 15 is 0 Å². The lowest BCUT2D eigenvalue weighted by Crippen LogP contribution is -2.25. The standard InChI is InChI=1S/C16H11F3N8O/c17-16(18,19)12-4-1-3-10-7-11(25-26(10)12)14(28)22-8-13-23-9-24-27(13)15-20-5-2-6-21-15/h1-7,9H,8H2,(H,22,28). The molecular formula is C16H11F3N8O. The van der Waals surface area contributed by atoms with Gasteiger partial charge in [-0.3, -0.25) is 4.79 Å². The lowest BCUT2D eigenvalue weighted by Gasteiger charge is -2.08. The average molecular weight is 388 g/mol. The van der Waals surface area contributed by atoms with Crippen LogP contribution in [0.5, 0.6) is 0 Å². The van der Waals surface area contributed by atoms with Crippen LogP contribution in [-0.4, -0.2) is 40.3 Å². The van der Waals surface area contributed by atoms with E-state index in [1.807, 2.05) is 0 Å². The molecule has 0 saturated carbocycles. The second kappa shape index (κ2) is 6.72. The first-order valence-electron chi connectivity index (χ1n) is 7.94. The van der Waals surface area contributed by atoms with Crippen molar-refractivity contribution in [3.8, 4) is 5.95 Å². The molecule has 4 rings (SSSR count). The van der Waals surface area contributed by atoms with E-state index in [0.29, 0.717) is 10.3 Å². The van der Waals surface area contributed by atoms with Gasteiger partial charge in [0.25, 0.3) is 11.9 Å². The molecule has 0 bridgehead atoms. The number of rotatable bonds is 4. The summed E-state index contributed by atoms with van der Waals surface area (Å²) in [4.78, 5) is 24.5. The monoisotopic (exact) mass is 388 g/mol. The van der Waals surface area contributed by atoms with Crippen LogP contribution in [0, 0.1) is 0 Å². The fourth-order valence-corrected chi connectivity index (χ4v) is 2.54. The van der Waals surface area contributed by atoms with Crippen molar-refractivity contribution in [2.24, 2.45) is 0 Å². The maximum Gasteiger partial charge on any atom is 0.433 e. The molecule has 0 fully saturated rings. The van der Waals surface area contributed by atoms with E-state index in [0.717, 1.165) is 6.07 Å². The molecule has 4 heterocycles. The molecule has 1 N–H and O–H groups in total. The molecule has 0 aromatic carbocycles. The van der Waals surface area contributed by atoms with Gasteiger partial charge in [0.2, 0.25) is 0 Å². The minimum absolute atomic E-state index is 0.0446. The van der Waals surface area contributed by atoms with Crippen molar-refractivity contribution in [2.45, 2.75) is 12.7 Å². The lowest BCUT2D eigenvalue weighted by atomic mass is 10.3. The summed E-state index contributed by atoms with van der Waals surface area (Å²) < 4.78 is 41.3. The number of pyridine rings is 1. The first-order valence-corrected chi connectivity index (χ1v) is 7.94.